The third-order valence-corrected chi connectivity index (χ3v) is 5.90. The second kappa shape index (κ2) is 11.4. The molecule has 7 heteroatoms. The Balaban J connectivity index is 1.46. The van der Waals surface area contributed by atoms with E-state index < -0.39 is 0 Å². The summed E-state index contributed by atoms with van der Waals surface area (Å²) in [5, 5.41) is 2.91. The molecule has 0 radical (unpaired) electrons. The van der Waals surface area contributed by atoms with Crippen LogP contribution in [0.1, 0.15) is 34.6 Å². The summed E-state index contributed by atoms with van der Waals surface area (Å²) < 4.78 is 11.2. The summed E-state index contributed by atoms with van der Waals surface area (Å²) in [6.45, 7) is 7.49. The van der Waals surface area contributed by atoms with Gasteiger partial charge in [0, 0.05) is 37.4 Å². The van der Waals surface area contributed by atoms with Crippen molar-refractivity contribution in [1.82, 2.24) is 4.90 Å². The van der Waals surface area contributed by atoms with Crippen molar-refractivity contribution in [1.29, 1.82) is 0 Å². The maximum absolute atomic E-state index is 13.4. The van der Waals surface area contributed by atoms with Crippen molar-refractivity contribution in [3.05, 3.63) is 83.9 Å². The lowest BCUT2D eigenvalue weighted by atomic mass is 10.1. The number of carbonyl (C=O) groups is 2. The molecule has 0 atom stereocenters. The number of hydrogen-bond acceptors (Lipinski definition) is 5. The Kier molecular flexibility index (Phi) is 7.88. The summed E-state index contributed by atoms with van der Waals surface area (Å²) in [6, 6.07) is 22.4. The first kappa shape index (κ1) is 24.1. The molecule has 182 valence electrons. The van der Waals surface area contributed by atoms with Crippen molar-refractivity contribution in [3.8, 4) is 11.5 Å². The number of ether oxygens (including phenoxy) is 2. The standard InChI is InChI=1S/C28H31N3O4/c1-3-34-25-15-14-21(20-26(25)35-4-2)27(32)29-24-13-9-8-12-23(24)28(33)31-18-16-30(17-19-31)22-10-6-5-7-11-22/h5-15,20H,3-4,16-19H2,1-2H3,(H,29,32). The van der Waals surface area contributed by atoms with Crippen LogP contribution in [0.4, 0.5) is 11.4 Å². The molecule has 1 fully saturated rings. The molecule has 2 amide bonds. The summed E-state index contributed by atoms with van der Waals surface area (Å²) in [5.74, 6) is 0.706. The van der Waals surface area contributed by atoms with Gasteiger partial charge in [0.2, 0.25) is 0 Å². The van der Waals surface area contributed by atoms with E-state index in [4.69, 9.17) is 9.47 Å². The van der Waals surface area contributed by atoms with E-state index in [1.54, 1.807) is 30.3 Å². The van der Waals surface area contributed by atoms with Crippen LogP contribution in [0.5, 0.6) is 11.5 Å². The highest BCUT2D eigenvalue weighted by atomic mass is 16.5. The molecule has 7 nitrogen and oxygen atoms in total. The highest BCUT2D eigenvalue weighted by Crippen LogP contribution is 2.29. The number of para-hydroxylation sites is 2. The first-order valence-corrected chi connectivity index (χ1v) is 12.0. The highest BCUT2D eigenvalue weighted by Gasteiger charge is 2.24. The molecule has 3 aromatic carbocycles. The van der Waals surface area contributed by atoms with E-state index in [2.05, 4.69) is 22.3 Å². The van der Waals surface area contributed by atoms with Crippen molar-refractivity contribution >= 4 is 23.2 Å². The van der Waals surface area contributed by atoms with Gasteiger partial charge in [-0.3, -0.25) is 9.59 Å². The van der Waals surface area contributed by atoms with Crippen LogP contribution in [0.2, 0.25) is 0 Å². The average molecular weight is 474 g/mol. The van der Waals surface area contributed by atoms with Crippen LogP contribution >= 0.6 is 0 Å². The van der Waals surface area contributed by atoms with Gasteiger partial charge < -0.3 is 24.6 Å². The number of benzene rings is 3. The highest BCUT2D eigenvalue weighted by molar-refractivity contribution is 6.09. The molecule has 4 rings (SSSR count). The van der Waals surface area contributed by atoms with E-state index in [0.717, 1.165) is 18.8 Å². The summed E-state index contributed by atoms with van der Waals surface area (Å²) in [4.78, 5) is 30.5. The summed E-state index contributed by atoms with van der Waals surface area (Å²) in [5.41, 5.74) is 2.55. The number of carbonyl (C=O) groups excluding carboxylic acids is 2. The van der Waals surface area contributed by atoms with E-state index in [0.29, 0.717) is 54.6 Å². The Morgan fingerprint density at radius 2 is 1.46 bits per heavy atom. The molecule has 0 unspecified atom stereocenters. The van der Waals surface area contributed by atoms with Gasteiger partial charge in [0.15, 0.2) is 11.5 Å². The van der Waals surface area contributed by atoms with E-state index in [-0.39, 0.29) is 11.8 Å². The topological polar surface area (TPSA) is 71.1 Å². The molecule has 0 aromatic heterocycles. The van der Waals surface area contributed by atoms with Gasteiger partial charge in [-0.1, -0.05) is 30.3 Å². The SMILES string of the molecule is CCOc1ccc(C(=O)Nc2ccccc2C(=O)N2CCN(c3ccccc3)CC2)cc1OCC. The molecule has 35 heavy (non-hydrogen) atoms. The lowest BCUT2D eigenvalue weighted by molar-refractivity contribution is 0.0748. The largest absolute Gasteiger partial charge is 0.490 e. The predicted molar refractivity (Wildman–Crippen MR) is 138 cm³/mol. The Morgan fingerprint density at radius 3 is 2.17 bits per heavy atom. The quantitative estimate of drug-likeness (QED) is 0.514. The predicted octanol–water partition coefficient (Wildman–Crippen LogP) is 4.70. The van der Waals surface area contributed by atoms with Crippen molar-refractivity contribution < 1.29 is 19.1 Å². The number of nitrogens with zero attached hydrogens (tertiary/aromatic N) is 2. The molecular weight excluding hydrogens is 442 g/mol. The first-order valence-electron chi connectivity index (χ1n) is 12.0. The molecule has 3 aromatic rings. The average Bonchev–Trinajstić information content (AvgIpc) is 2.90. The van der Waals surface area contributed by atoms with Crippen LogP contribution in [0.3, 0.4) is 0 Å². The summed E-state index contributed by atoms with van der Waals surface area (Å²) in [6.07, 6.45) is 0. The zero-order valence-corrected chi connectivity index (χ0v) is 20.2. The van der Waals surface area contributed by atoms with Crippen molar-refractivity contribution in [3.63, 3.8) is 0 Å². The minimum Gasteiger partial charge on any atom is -0.490 e. The molecular formula is C28H31N3O4. The molecule has 1 heterocycles. The molecule has 1 saturated heterocycles. The van der Waals surface area contributed by atoms with Gasteiger partial charge >= 0.3 is 0 Å². The summed E-state index contributed by atoms with van der Waals surface area (Å²) in [7, 11) is 0. The molecule has 1 aliphatic rings. The van der Waals surface area contributed by atoms with Crippen LogP contribution in [0, 0.1) is 0 Å². The third kappa shape index (κ3) is 5.74. The second-order valence-corrected chi connectivity index (χ2v) is 8.14. The van der Waals surface area contributed by atoms with E-state index in [9.17, 15) is 9.59 Å². The zero-order chi connectivity index (χ0) is 24.6. The number of rotatable bonds is 8. The minimum absolute atomic E-state index is 0.0877. The fourth-order valence-electron chi connectivity index (χ4n) is 4.14. The fourth-order valence-corrected chi connectivity index (χ4v) is 4.14. The van der Waals surface area contributed by atoms with Crippen molar-refractivity contribution in [2.75, 3.05) is 49.6 Å². The van der Waals surface area contributed by atoms with Gasteiger partial charge in [-0.05, 0) is 56.3 Å². The lowest BCUT2D eigenvalue weighted by Crippen LogP contribution is -2.48. The fraction of sp³-hybridized carbons (Fsp3) is 0.286. The molecule has 0 bridgehead atoms. The lowest BCUT2D eigenvalue weighted by Gasteiger charge is -2.36. The molecule has 0 spiro atoms. The monoisotopic (exact) mass is 473 g/mol. The summed E-state index contributed by atoms with van der Waals surface area (Å²) >= 11 is 0. The van der Waals surface area contributed by atoms with E-state index >= 15 is 0 Å². The second-order valence-electron chi connectivity index (χ2n) is 8.14. The molecule has 0 aliphatic carbocycles. The molecule has 1 N–H and O–H groups in total. The Hall–Kier alpha value is -4.00. The number of nitrogens with one attached hydrogen (secondary N) is 1. The first-order chi connectivity index (χ1) is 17.1. The van der Waals surface area contributed by atoms with Crippen LogP contribution in [0.15, 0.2) is 72.8 Å². The number of anilines is 2. The van der Waals surface area contributed by atoms with Gasteiger partial charge in [0.1, 0.15) is 0 Å². The van der Waals surface area contributed by atoms with Crippen LogP contribution < -0.4 is 19.7 Å². The van der Waals surface area contributed by atoms with Gasteiger partial charge in [-0.25, -0.2) is 0 Å². The number of amides is 2. The van der Waals surface area contributed by atoms with Crippen LogP contribution in [0.25, 0.3) is 0 Å². The normalized spacial score (nSPS) is 13.3. The van der Waals surface area contributed by atoms with Gasteiger partial charge in [-0.2, -0.15) is 0 Å². The van der Waals surface area contributed by atoms with E-state index in [1.807, 2.05) is 49.1 Å². The smallest absolute Gasteiger partial charge is 0.256 e. The van der Waals surface area contributed by atoms with Crippen molar-refractivity contribution in [2.45, 2.75) is 13.8 Å². The van der Waals surface area contributed by atoms with Crippen LogP contribution in [-0.4, -0.2) is 56.1 Å². The van der Waals surface area contributed by atoms with Crippen molar-refractivity contribution in [2.24, 2.45) is 0 Å². The number of hydrogen-bond donors (Lipinski definition) is 1. The zero-order valence-electron chi connectivity index (χ0n) is 20.2. The Labute approximate surface area is 206 Å². The number of piperazine rings is 1. The third-order valence-electron chi connectivity index (χ3n) is 5.90. The Morgan fingerprint density at radius 1 is 0.800 bits per heavy atom. The van der Waals surface area contributed by atoms with Gasteiger partial charge in [0.05, 0.1) is 24.5 Å². The van der Waals surface area contributed by atoms with E-state index in [1.165, 1.54) is 0 Å². The minimum atomic E-state index is -0.317. The van der Waals surface area contributed by atoms with Crippen LogP contribution in [-0.2, 0) is 0 Å². The molecule has 1 aliphatic heterocycles. The molecule has 0 saturated carbocycles. The maximum Gasteiger partial charge on any atom is 0.256 e. The Bertz CT molecular complexity index is 1160. The maximum atomic E-state index is 13.4. The van der Waals surface area contributed by atoms with Gasteiger partial charge in [0.25, 0.3) is 11.8 Å². The van der Waals surface area contributed by atoms with Gasteiger partial charge in [-0.15, -0.1) is 0 Å².